The molecule has 2 aromatic rings. The zero-order valence-electron chi connectivity index (χ0n) is 19.5. The zero-order valence-corrected chi connectivity index (χ0v) is 19.5. The number of esters is 1. The average molecular weight is 427 g/mol. The molecule has 1 amide bonds. The van der Waals surface area contributed by atoms with Crippen molar-refractivity contribution < 1.29 is 14.3 Å². The van der Waals surface area contributed by atoms with Gasteiger partial charge in [0.2, 0.25) is 0 Å². The van der Waals surface area contributed by atoms with Crippen molar-refractivity contribution in [3.05, 3.63) is 23.0 Å². The number of carbonyl (C=O) groups excluding carboxylic acids is 2. The summed E-state index contributed by atoms with van der Waals surface area (Å²) in [7, 11) is 1.39. The van der Waals surface area contributed by atoms with Crippen molar-refractivity contribution in [3.63, 3.8) is 0 Å². The number of pyridine rings is 1. The summed E-state index contributed by atoms with van der Waals surface area (Å²) in [6.07, 6.45) is 5.14. The molecule has 4 rings (SSSR count). The maximum atomic E-state index is 13.7. The Balaban J connectivity index is 1.80. The molecule has 2 aliphatic rings. The summed E-state index contributed by atoms with van der Waals surface area (Å²) in [6.45, 7) is 10.3. The number of hydrogen-bond acceptors (Lipinski definition) is 5. The molecule has 0 bridgehead atoms. The van der Waals surface area contributed by atoms with E-state index >= 15 is 0 Å². The first-order valence-electron chi connectivity index (χ1n) is 11.4. The minimum Gasteiger partial charge on any atom is -0.467 e. The fourth-order valence-corrected chi connectivity index (χ4v) is 4.66. The molecule has 2 saturated carbocycles. The van der Waals surface area contributed by atoms with Gasteiger partial charge in [-0.15, -0.1) is 0 Å². The molecule has 0 saturated heterocycles. The highest BCUT2D eigenvalue weighted by molar-refractivity contribution is 6.08. The van der Waals surface area contributed by atoms with Gasteiger partial charge in [0.15, 0.2) is 5.65 Å². The van der Waals surface area contributed by atoms with E-state index in [0.717, 1.165) is 48.1 Å². The van der Waals surface area contributed by atoms with E-state index in [1.807, 2.05) is 17.7 Å². The zero-order chi connectivity index (χ0) is 22.6. The number of amides is 1. The first kappa shape index (κ1) is 21.8. The maximum absolute atomic E-state index is 13.7. The Morgan fingerprint density at radius 2 is 1.84 bits per heavy atom. The third kappa shape index (κ3) is 3.94. The lowest BCUT2D eigenvalue weighted by atomic mass is 9.77. The van der Waals surface area contributed by atoms with E-state index in [9.17, 15) is 9.59 Å². The molecular weight excluding hydrogens is 392 g/mol. The highest BCUT2D eigenvalue weighted by atomic mass is 16.5. The predicted molar refractivity (Wildman–Crippen MR) is 119 cm³/mol. The second-order valence-electron chi connectivity index (χ2n) is 10.4. The van der Waals surface area contributed by atoms with Gasteiger partial charge in [-0.2, -0.15) is 5.10 Å². The highest BCUT2D eigenvalue weighted by Gasteiger charge is 2.44. The summed E-state index contributed by atoms with van der Waals surface area (Å²) < 4.78 is 7.03. The molecule has 0 aliphatic heterocycles. The van der Waals surface area contributed by atoms with Crippen LogP contribution in [0.3, 0.4) is 0 Å². The first-order valence-corrected chi connectivity index (χ1v) is 11.4. The number of hydrogen-bond donors (Lipinski definition) is 1. The summed E-state index contributed by atoms with van der Waals surface area (Å²) >= 11 is 0. The molecule has 7 nitrogen and oxygen atoms in total. The van der Waals surface area contributed by atoms with Gasteiger partial charge in [-0.1, -0.05) is 6.92 Å². The molecule has 31 heavy (non-hydrogen) atoms. The number of nitrogens with zero attached hydrogens (tertiary/aromatic N) is 3. The molecular formula is C24H34N4O3. The van der Waals surface area contributed by atoms with Crippen LogP contribution in [0.4, 0.5) is 0 Å². The van der Waals surface area contributed by atoms with Gasteiger partial charge in [-0.3, -0.25) is 4.79 Å². The third-order valence-corrected chi connectivity index (χ3v) is 6.77. The monoisotopic (exact) mass is 426 g/mol. The topological polar surface area (TPSA) is 86.1 Å². The fourth-order valence-electron chi connectivity index (χ4n) is 4.66. The van der Waals surface area contributed by atoms with Crippen molar-refractivity contribution in [2.45, 2.75) is 90.1 Å². The number of ether oxygens (including phenoxy) is 1. The largest absolute Gasteiger partial charge is 0.467 e. The quantitative estimate of drug-likeness (QED) is 0.740. The molecule has 0 unspecified atom stereocenters. The summed E-state index contributed by atoms with van der Waals surface area (Å²) in [4.78, 5) is 31.3. The Hall–Kier alpha value is -2.44. The Morgan fingerprint density at radius 3 is 2.39 bits per heavy atom. The van der Waals surface area contributed by atoms with Crippen LogP contribution in [0.25, 0.3) is 11.0 Å². The van der Waals surface area contributed by atoms with Crippen molar-refractivity contribution in [1.82, 2.24) is 20.1 Å². The molecule has 7 heteroatoms. The number of nitrogens with one attached hydrogen (secondary N) is 1. The molecule has 0 radical (unpaired) electrons. The maximum Gasteiger partial charge on any atom is 0.331 e. The van der Waals surface area contributed by atoms with Crippen LogP contribution in [-0.2, 0) is 15.1 Å². The number of carbonyl (C=O) groups is 2. The predicted octanol–water partition coefficient (Wildman–Crippen LogP) is 4.22. The van der Waals surface area contributed by atoms with E-state index in [2.05, 4.69) is 33.0 Å². The van der Waals surface area contributed by atoms with Gasteiger partial charge in [0.05, 0.1) is 29.3 Å². The average Bonchev–Trinajstić information content (AvgIpc) is 3.51. The van der Waals surface area contributed by atoms with E-state index < -0.39 is 5.54 Å². The lowest BCUT2D eigenvalue weighted by molar-refractivity contribution is -0.150. The summed E-state index contributed by atoms with van der Waals surface area (Å²) in [5.74, 6) is 0.328. The molecule has 0 spiro atoms. The molecule has 2 fully saturated rings. The number of aromatic nitrogens is 3. The fraction of sp³-hybridized carbons (Fsp3) is 0.667. The summed E-state index contributed by atoms with van der Waals surface area (Å²) in [5.41, 5.74) is 1.77. The second kappa shape index (κ2) is 7.61. The van der Waals surface area contributed by atoms with Gasteiger partial charge < -0.3 is 10.1 Å². The van der Waals surface area contributed by atoms with Crippen molar-refractivity contribution in [2.75, 3.05) is 7.11 Å². The van der Waals surface area contributed by atoms with Crippen LogP contribution in [0.15, 0.2) is 6.07 Å². The number of aryl methyl sites for hydroxylation is 1. The standard InChI is InChI=1S/C24H34N4O3/c1-14-9-11-24(12-10-14,22(30)31-6)26-21(29)17-13-18(16-7-8-16)25-20-19(17)15(2)27-28(20)23(3,4)5/h13-14,16H,7-12H2,1-6H3,(H,26,29). The molecule has 0 aromatic carbocycles. The Morgan fingerprint density at radius 1 is 1.19 bits per heavy atom. The van der Waals surface area contributed by atoms with Crippen molar-refractivity contribution in [2.24, 2.45) is 5.92 Å². The Kier molecular flexibility index (Phi) is 5.34. The van der Waals surface area contributed by atoms with Crippen molar-refractivity contribution in [1.29, 1.82) is 0 Å². The summed E-state index contributed by atoms with van der Waals surface area (Å²) in [5, 5.41) is 8.59. The van der Waals surface area contributed by atoms with E-state index in [-0.39, 0.29) is 17.4 Å². The van der Waals surface area contributed by atoms with E-state index in [4.69, 9.17) is 14.8 Å². The SMILES string of the molecule is COC(=O)C1(NC(=O)c2cc(C3CC3)nc3c2c(C)nn3C(C)(C)C)CCC(C)CC1. The van der Waals surface area contributed by atoms with E-state index in [1.54, 1.807) is 0 Å². The van der Waals surface area contributed by atoms with Gasteiger partial charge in [0.1, 0.15) is 5.54 Å². The molecule has 0 atom stereocenters. The van der Waals surface area contributed by atoms with Crippen LogP contribution < -0.4 is 5.32 Å². The van der Waals surface area contributed by atoms with E-state index in [0.29, 0.717) is 30.2 Å². The Labute approximate surface area is 183 Å². The smallest absolute Gasteiger partial charge is 0.331 e. The molecule has 168 valence electrons. The third-order valence-electron chi connectivity index (χ3n) is 6.77. The lowest BCUT2D eigenvalue weighted by Gasteiger charge is -2.37. The van der Waals surface area contributed by atoms with Crippen LogP contribution >= 0.6 is 0 Å². The highest BCUT2D eigenvalue weighted by Crippen LogP contribution is 2.41. The summed E-state index contributed by atoms with van der Waals surface area (Å²) in [6, 6.07) is 1.91. The Bertz CT molecular complexity index is 1020. The van der Waals surface area contributed by atoms with Crippen molar-refractivity contribution >= 4 is 22.9 Å². The number of methoxy groups -OCH3 is 1. The van der Waals surface area contributed by atoms with E-state index in [1.165, 1.54) is 7.11 Å². The van der Waals surface area contributed by atoms with Gasteiger partial charge in [-0.25, -0.2) is 14.5 Å². The normalized spacial score (nSPS) is 24.3. The molecule has 2 heterocycles. The van der Waals surface area contributed by atoms with Crippen LogP contribution in [0, 0.1) is 12.8 Å². The first-order chi connectivity index (χ1) is 14.6. The minimum absolute atomic E-state index is 0.245. The van der Waals surface area contributed by atoms with Crippen molar-refractivity contribution in [3.8, 4) is 0 Å². The van der Waals surface area contributed by atoms with Crippen LogP contribution in [-0.4, -0.2) is 39.3 Å². The van der Waals surface area contributed by atoms with Crippen LogP contribution in [0.1, 0.15) is 93.9 Å². The number of rotatable bonds is 4. The molecule has 2 aromatic heterocycles. The molecule has 1 N–H and O–H groups in total. The van der Waals surface area contributed by atoms with Gasteiger partial charge >= 0.3 is 5.97 Å². The lowest BCUT2D eigenvalue weighted by Crippen LogP contribution is -2.56. The minimum atomic E-state index is -0.971. The number of fused-ring (bicyclic) bond motifs is 1. The van der Waals surface area contributed by atoms with Gasteiger partial charge in [0.25, 0.3) is 5.91 Å². The second-order valence-corrected chi connectivity index (χ2v) is 10.4. The van der Waals surface area contributed by atoms with Gasteiger partial charge in [-0.05, 0) is 78.2 Å². The van der Waals surface area contributed by atoms with Gasteiger partial charge in [0, 0.05) is 11.6 Å². The van der Waals surface area contributed by atoms with Crippen LogP contribution in [0.2, 0.25) is 0 Å². The molecule has 2 aliphatic carbocycles. The van der Waals surface area contributed by atoms with Crippen LogP contribution in [0.5, 0.6) is 0 Å².